The van der Waals surface area contributed by atoms with E-state index in [1.54, 1.807) is 11.8 Å². The van der Waals surface area contributed by atoms with Crippen molar-refractivity contribution in [2.75, 3.05) is 0 Å². The fourth-order valence-electron chi connectivity index (χ4n) is 8.59. The van der Waals surface area contributed by atoms with Crippen LogP contribution in [0.3, 0.4) is 0 Å². The summed E-state index contributed by atoms with van der Waals surface area (Å²) in [6.45, 7) is 0. The van der Waals surface area contributed by atoms with Crippen molar-refractivity contribution in [1.82, 2.24) is 9.55 Å². The zero-order valence-corrected chi connectivity index (χ0v) is 28.5. The van der Waals surface area contributed by atoms with E-state index in [2.05, 4.69) is 169 Å². The molecule has 0 radical (unpaired) electrons. The van der Waals surface area contributed by atoms with Gasteiger partial charge in [-0.05, 0) is 74.3 Å². The quantitative estimate of drug-likeness (QED) is 0.173. The molecule has 1 aliphatic carbocycles. The average molecular weight is 673 g/mol. The van der Waals surface area contributed by atoms with E-state index in [1.165, 1.54) is 81.4 Å². The molecule has 0 saturated carbocycles. The standard InChI is InChI=1S/C46H28N2S2/c1-2-14-30-29(13-1)31-15-3-5-17-33(31)35-27-48(28-36(35)34-18-6-4-16-32(30)34)41-23-11-21-39-44(41)50-45-40(22-12-26-47-45)46(39)37-19-7-9-24-42(37)49-43-25-10-8-20-38(43)46/h1-28H. The predicted molar refractivity (Wildman–Crippen MR) is 205 cm³/mol. The third-order valence-electron chi connectivity index (χ3n) is 10.6. The minimum absolute atomic E-state index is 0.499. The maximum absolute atomic E-state index is 5.07. The summed E-state index contributed by atoms with van der Waals surface area (Å²) in [6, 6.07) is 55.8. The Morgan fingerprint density at radius 1 is 0.400 bits per heavy atom. The molecule has 0 N–H and O–H groups in total. The zero-order chi connectivity index (χ0) is 32.8. The van der Waals surface area contributed by atoms with E-state index < -0.39 is 5.41 Å². The van der Waals surface area contributed by atoms with Gasteiger partial charge in [0.2, 0.25) is 0 Å². The molecule has 0 amide bonds. The fraction of sp³-hybridized carbons (Fsp3) is 0.0217. The van der Waals surface area contributed by atoms with Gasteiger partial charge in [0.05, 0.1) is 11.1 Å². The molecule has 6 aromatic carbocycles. The number of rotatable bonds is 1. The van der Waals surface area contributed by atoms with Gasteiger partial charge in [-0.3, -0.25) is 0 Å². The number of pyridine rings is 1. The maximum Gasteiger partial charge on any atom is 0.106 e. The monoisotopic (exact) mass is 672 g/mol. The Morgan fingerprint density at radius 2 is 0.860 bits per heavy atom. The SMILES string of the molecule is c1ccc2c(c1)Sc1ccccc1C21c2cccnc2Sc2c(-n3cc4c(c3)-c3ccccc3-c3ccccc3-c3ccccc3-4)cccc21. The lowest BCUT2D eigenvalue weighted by Gasteiger charge is -2.45. The van der Waals surface area contributed by atoms with Gasteiger partial charge in [0.1, 0.15) is 5.03 Å². The van der Waals surface area contributed by atoms with E-state index in [1.807, 2.05) is 18.0 Å². The summed E-state index contributed by atoms with van der Waals surface area (Å²) in [7, 11) is 0. The largest absolute Gasteiger partial charge is 0.321 e. The van der Waals surface area contributed by atoms with Gasteiger partial charge in [0.15, 0.2) is 0 Å². The molecule has 3 aliphatic rings. The van der Waals surface area contributed by atoms with Crippen LogP contribution in [0.1, 0.15) is 22.3 Å². The molecule has 0 bridgehead atoms. The molecule has 1 spiro atoms. The molecule has 2 nitrogen and oxygen atoms in total. The van der Waals surface area contributed by atoms with Gasteiger partial charge < -0.3 is 4.57 Å². The van der Waals surface area contributed by atoms with Gasteiger partial charge in [-0.25, -0.2) is 4.98 Å². The average Bonchev–Trinajstić information content (AvgIpc) is 3.62. The predicted octanol–water partition coefficient (Wildman–Crippen LogP) is 12.2. The van der Waals surface area contributed by atoms with Crippen LogP contribution in [0, 0.1) is 0 Å². The molecule has 0 atom stereocenters. The number of aromatic nitrogens is 2. The first-order valence-electron chi connectivity index (χ1n) is 17.0. The van der Waals surface area contributed by atoms with Crippen LogP contribution in [-0.2, 0) is 5.41 Å². The molecule has 234 valence electrons. The third kappa shape index (κ3) is 3.80. The Labute approximate surface area is 299 Å². The van der Waals surface area contributed by atoms with E-state index in [0.717, 1.165) is 10.7 Å². The van der Waals surface area contributed by atoms with Crippen molar-refractivity contribution in [2.45, 2.75) is 25.1 Å². The number of benzene rings is 6. The summed E-state index contributed by atoms with van der Waals surface area (Å²) in [6.07, 6.45) is 6.65. The first-order valence-corrected chi connectivity index (χ1v) is 18.6. The number of hydrogen-bond donors (Lipinski definition) is 0. The topological polar surface area (TPSA) is 17.8 Å². The summed E-state index contributed by atoms with van der Waals surface area (Å²) in [5.74, 6) is 0. The van der Waals surface area contributed by atoms with Gasteiger partial charge in [0.25, 0.3) is 0 Å². The minimum Gasteiger partial charge on any atom is -0.321 e. The van der Waals surface area contributed by atoms with Crippen molar-refractivity contribution in [1.29, 1.82) is 0 Å². The molecule has 8 aromatic rings. The molecule has 4 heteroatoms. The second kappa shape index (κ2) is 10.7. The third-order valence-corrected chi connectivity index (χ3v) is 12.9. The molecule has 4 heterocycles. The van der Waals surface area contributed by atoms with E-state index in [-0.39, 0.29) is 0 Å². The highest BCUT2D eigenvalue weighted by Crippen LogP contribution is 2.62. The Hall–Kier alpha value is -5.55. The number of hydrogen-bond acceptors (Lipinski definition) is 3. The first kappa shape index (κ1) is 28.3. The van der Waals surface area contributed by atoms with Crippen molar-refractivity contribution in [3.63, 3.8) is 0 Å². The van der Waals surface area contributed by atoms with Crippen molar-refractivity contribution in [2.24, 2.45) is 0 Å². The normalized spacial score (nSPS) is 14.0. The second-order valence-corrected chi connectivity index (χ2v) is 15.2. The van der Waals surface area contributed by atoms with Crippen LogP contribution in [0.2, 0.25) is 0 Å². The Balaban J connectivity index is 1.22. The van der Waals surface area contributed by atoms with Gasteiger partial charge in [0, 0.05) is 50.0 Å². The van der Waals surface area contributed by atoms with Crippen LogP contribution in [0.25, 0.3) is 50.2 Å². The number of nitrogens with zero attached hydrogens (tertiary/aromatic N) is 2. The van der Waals surface area contributed by atoms with Gasteiger partial charge >= 0.3 is 0 Å². The zero-order valence-electron chi connectivity index (χ0n) is 26.9. The Bertz CT molecular complexity index is 2540. The second-order valence-electron chi connectivity index (χ2n) is 13.1. The van der Waals surface area contributed by atoms with Gasteiger partial charge in [-0.15, -0.1) is 0 Å². The lowest BCUT2D eigenvalue weighted by Crippen LogP contribution is -2.37. The summed E-state index contributed by atoms with van der Waals surface area (Å²) >= 11 is 3.67. The molecule has 50 heavy (non-hydrogen) atoms. The molecule has 2 aliphatic heterocycles. The molecule has 0 saturated heterocycles. The summed E-state index contributed by atoms with van der Waals surface area (Å²) < 4.78 is 2.37. The molecule has 2 aromatic heterocycles. The highest BCUT2D eigenvalue weighted by molar-refractivity contribution is 8.00. The fourth-order valence-corrected chi connectivity index (χ4v) is 11.0. The summed E-state index contributed by atoms with van der Waals surface area (Å²) in [5, 5.41) is 1.06. The maximum atomic E-state index is 5.07. The molecule has 0 unspecified atom stereocenters. The van der Waals surface area contributed by atoms with Crippen molar-refractivity contribution >= 4 is 23.5 Å². The lowest BCUT2D eigenvalue weighted by atomic mass is 9.65. The van der Waals surface area contributed by atoms with E-state index in [4.69, 9.17) is 4.98 Å². The summed E-state index contributed by atoms with van der Waals surface area (Å²) in [4.78, 5) is 8.89. The molecular weight excluding hydrogens is 645 g/mol. The van der Waals surface area contributed by atoms with Gasteiger partial charge in [-0.1, -0.05) is 151 Å². The van der Waals surface area contributed by atoms with Crippen LogP contribution < -0.4 is 0 Å². The highest BCUT2D eigenvalue weighted by atomic mass is 32.2. The first-order chi connectivity index (χ1) is 24.8. The minimum atomic E-state index is -0.499. The summed E-state index contributed by atoms with van der Waals surface area (Å²) in [5.41, 5.74) is 15.8. The van der Waals surface area contributed by atoms with Gasteiger partial charge in [-0.2, -0.15) is 0 Å². The molecular formula is C46H28N2S2. The van der Waals surface area contributed by atoms with Crippen LogP contribution in [-0.4, -0.2) is 9.55 Å². The van der Waals surface area contributed by atoms with Crippen molar-refractivity contribution in [3.05, 3.63) is 193 Å². The van der Waals surface area contributed by atoms with Crippen LogP contribution >= 0.6 is 23.5 Å². The number of fused-ring (bicyclic) bond motifs is 16. The molecule has 0 fully saturated rings. The van der Waals surface area contributed by atoms with E-state index in [0.29, 0.717) is 0 Å². The van der Waals surface area contributed by atoms with E-state index in [9.17, 15) is 0 Å². The van der Waals surface area contributed by atoms with Crippen LogP contribution in [0.5, 0.6) is 0 Å². The van der Waals surface area contributed by atoms with Crippen molar-refractivity contribution in [3.8, 4) is 50.2 Å². The lowest BCUT2D eigenvalue weighted by molar-refractivity contribution is 0.654. The highest BCUT2D eigenvalue weighted by Gasteiger charge is 2.49. The van der Waals surface area contributed by atoms with Crippen LogP contribution in [0.4, 0.5) is 0 Å². The van der Waals surface area contributed by atoms with E-state index >= 15 is 0 Å². The molecule has 11 rings (SSSR count). The van der Waals surface area contributed by atoms with Crippen LogP contribution in [0.15, 0.2) is 190 Å². The Kier molecular flexibility index (Phi) is 6.07. The Morgan fingerprint density at radius 3 is 1.42 bits per heavy atom. The van der Waals surface area contributed by atoms with Crippen molar-refractivity contribution < 1.29 is 0 Å². The smallest absolute Gasteiger partial charge is 0.106 e.